The molecule has 1 atom stereocenters. The molecule has 2 amide bonds. The van der Waals surface area contributed by atoms with Crippen molar-refractivity contribution in [3.63, 3.8) is 0 Å². The smallest absolute Gasteiger partial charge is 0.260 e. The molecule has 2 N–H and O–H groups in total. The minimum atomic E-state index is -0.0106. The summed E-state index contributed by atoms with van der Waals surface area (Å²) in [6, 6.07) is 7.37. The fraction of sp³-hybridized carbons (Fsp3) is 0.529. The Hall–Kier alpha value is -1.79. The lowest BCUT2D eigenvalue weighted by Crippen LogP contribution is -2.33. The average Bonchev–Trinajstić information content (AvgIpc) is 3.21. The van der Waals surface area contributed by atoms with Gasteiger partial charge in [-0.2, -0.15) is 0 Å². The number of anilines is 1. The van der Waals surface area contributed by atoms with Crippen LogP contribution >= 0.6 is 12.4 Å². The number of ether oxygens (including phenoxy) is 1. The number of halogens is 1. The van der Waals surface area contributed by atoms with Gasteiger partial charge in [-0.05, 0) is 37.4 Å². The number of rotatable bonds is 5. The van der Waals surface area contributed by atoms with Gasteiger partial charge in [0.05, 0.1) is 0 Å². The number of amides is 2. The first kappa shape index (κ1) is 18.5. The zero-order valence-electron chi connectivity index (χ0n) is 13.6. The van der Waals surface area contributed by atoms with Crippen LogP contribution in [0.15, 0.2) is 24.3 Å². The van der Waals surface area contributed by atoms with E-state index in [1.807, 2.05) is 29.2 Å². The lowest BCUT2D eigenvalue weighted by Gasteiger charge is -2.18. The number of carbonyl (C=O) groups excluding carboxylic acids is 2. The van der Waals surface area contributed by atoms with Gasteiger partial charge < -0.3 is 20.3 Å². The maximum atomic E-state index is 12.2. The largest absolute Gasteiger partial charge is 0.484 e. The SMILES string of the molecule is Cl.NCC1CCN(C(=O)COc2cccc(N3CCCC3=O)c2)C1. The van der Waals surface area contributed by atoms with E-state index in [9.17, 15) is 9.59 Å². The topological polar surface area (TPSA) is 75.9 Å². The summed E-state index contributed by atoms with van der Waals surface area (Å²) in [5.41, 5.74) is 6.48. The summed E-state index contributed by atoms with van der Waals surface area (Å²) in [4.78, 5) is 27.5. The van der Waals surface area contributed by atoms with Crippen molar-refractivity contribution in [1.82, 2.24) is 4.90 Å². The van der Waals surface area contributed by atoms with E-state index >= 15 is 0 Å². The molecule has 132 valence electrons. The van der Waals surface area contributed by atoms with Gasteiger partial charge in [0.25, 0.3) is 5.91 Å². The highest BCUT2D eigenvalue weighted by atomic mass is 35.5. The molecule has 3 rings (SSSR count). The van der Waals surface area contributed by atoms with Crippen LogP contribution in [0.1, 0.15) is 19.3 Å². The summed E-state index contributed by atoms with van der Waals surface area (Å²) >= 11 is 0. The average molecular weight is 354 g/mol. The molecule has 0 aliphatic carbocycles. The fourth-order valence-electron chi connectivity index (χ4n) is 3.15. The van der Waals surface area contributed by atoms with Crippen LogP contribution in [-0.4, -0.2) is 49.5 Å². The summed E-state index contributed by atoms with van der Waals surface area (Å²) in [5.74, 6) is 1.15. The van der Waals surface area contributed by atoms with Crippen LogP contribution < -0.4 is 15.4 Å². The predicted octanol–water partition coefficient (Wildman–Crippen LogP) is 1.42. The van der Waals surface area contributed by atoms with Crippen molar-refractivity contribution < 1.29 is 14.3 Å². The minimum Gasteiger partial charge on any atom is -0.484 e. The van der Waals surface area contributed by atoms with Crippen molar-refractivity contribution in [1.29, 1.82) is 0 Å². The molecule has 1 aromatic carbocycles. The van der Waals surface area contributed by atoms with E-state index in [1.165, 1.54) is 0 Å². The van der Waals surface area contributed by atoms with Crippen molar-refractivity contribution >= 4 is 29.9 Å². The Labute approximate surface area is 148 Å². The zero-order valence-corrected chi connectivity index (χ0v) is 14.5. The van der Waals surface area contributed by atoms with Crippen molar-refractivity contribution in [3.8, 4) is 5.75 Å². The predicted molar refractivity (Wildman–Crippen MR) is 94.5 cm³/mol. The van der Waals surface area contributed by atoms with E-state index in [1.54, 1.807) is 4.90 Å². The molecule has 2 aliphatic rings. The van der Waals surface area contributed by atoms with Crippen LogP contribution in [0.5, 0.6) is 5.75 Å². The minimum absolute atomic E-state index is 0. The van der Waals surface area contributed by atoms with Gasteiger partial charge in [0.1, 0.15) is 5.75 Å². The van der Waals surface area contributed by atoms with E-state index < -0.39 is 0 Å². The summed E-state index contributed by atoms with van der Waals surface area (Å²) in [6.45, 7) is 2.87. The van der Waals surface area contributed by atoms with E-state index in [-0.39, 0.29) is 30.8 Å². The van der Waals surface area contributed by atoms with Gasteiger partial charge in [-0.15, -0.1) is 12.4 Å². The van der Waals surface area contributed by atoms with Crippen molar-refractivity contribution in [2.75, 3.05) is 37.7 Å². The lowest BCUT2D eigenvalue weighted by atomic mass is 10.1. The second-order valence-electron chi connectivity index (χ2n) is 6.17. The number of hydrogen-bond donors (Lipinski definition) is 1. The van der Waals surface area contributed by atoms with Gasteiger partial charge >= 0.3 is 0 Å². The summed E-state index contributed by atoms with van der Waals surface area (Å²) in [5, 5.41) is 0. The van der Waals surface area contributed by atoms with E-state index in [0.717, 1.165) is 38.2 Å². The van der Waals surface area contributed by atoms with E-state index in [0.29, 0.717) is 24.6 Å². The molecular weight excluding hydrogens is 330 g/mol. The maximum absolute atomic E-state index is 12.2. The van der Waals surface area contributed by atoms with Gasteiger partial charge in [0, 0.05) is 37.8 Å². The Morgan fingerprint density at radius 1 is 1.33 bits per heavy atom. The molecule has 0 saturated carbocycles. The number of benzene rings is 1. The number of carbonyl (C=O) groups is 2. The van der Waals surface area contributed by atoms with E-state index in [4.69, 9.17) is 10.5 Å². The van der Waals surface area contributed by atoms with Crippen LogP contribution in [0.25, 0.3) is 0 Å². The first-order valence-electron chi connectivity index (χ1n) is 8.18. The third kappa shape index (κ3) is 4.19. The second-order valence-corrected chi connectivity index (χ2v) is 6.17. The Balaban J connectivity index is 0.00000208. The van der Waals surface area contributed by atoms with Crippen LogP contribution in [-0.2, 0) is 9.59 Å². The number of nitrogens with zero attached hydrogens (tertiary/aromatic N) is 2. The molecule has 7 heteroatoms. The molecule has 1 aromatic rings. The molecule has 0 aromatic heterocycles. The first-order valence-corrected chi connectivity index (χ1v) is 8.18. The Morgan fingerprint density at radius 2 is 2.17 bits per heavy atom. The van der Waals surface area contributed by atoms with E-state index in [2.05, 4.69) is 0 Å². The molecule has 2 heterocycles. The highest BCUT2D eigenvalue weighted by molar-refractivity contribution is 5.95. The zero-order chi connectivity index (χ0) is 16.2. The number of hydrogen-bond acceptors (Lipinski definition) is 4. The van der Waals surface area contributed by atoms with Gasteiger partial charge in [0.2, 0.25) is 5.91 Å². The number of nitrogens with two attached hydrogens (primary N) is 1. The van der Waals surface area contributed by atoms with Gasteiger partial charge in [-0.3, -0.25) is 9.59 Å². The molecule has 2 aliphatic heterocycles. The summed E-state index contributed by atoms with van der Waals surface area (Å²) < 4.78 is 5.62. The Morgan fingerprint density at radius 3 is 2.83 bits per heavy atom. The molecule has 6 nitrogen and oxygen atoms in total. The highest BCUT2D eigenvalue weighted by Gasteiger charge is 2.25. The van der Waals surface area contributed by atoms with Crippen molar-refractivity contribution in [2.24, 2.45) is 11.7 Å². The third-order valence-corrected chi connectivity index (χ3v) is 4.54. The van der Waals surface area contributed by atoms with Gasteiger partial charge in [-0.1, -0.05) is 6.07 Å². The van der Waals surface area contributed by atoms with Crippen LogP contribution in [0.4, 0.5) is 5.69 Å². The van der Waals surface area contributed by atoms with Crippen LogP contribution in [0, 0.1) is 5.92 Å². The van der Waals surface area contributed by atoms with Crippen LogP contribution in [0.3, 0.4) is 0 Å². The first-order chi connectivity index (χ1) is 11.2. The Kier molecular flexibility index (Phi) is 6.45. The number of likely N-dealkylation sites (tertiary alicyclic amines) is 1. The monoisotopic (exact) mass is 353 g/mol. The molecule has 2 fully saturated rings. The highest BCUT2D eigenvalue weighted by Crippen LogP contribution is 2.25. The normalized spacial score (nSPS) is 20.2. The Bertz CT molecular complexity index is 596. The molecule has 0 radical (unpaired) electrons. The summed E-state index contributed by atoms with van der Waals surface area (Å²) in [7, 11) is 0. The molecular formula is C17H24ClN3O3. The lowest BCUT2D eigenvalue weighted by molar-refractivity contribution is -0.132. The van der Waals surface area contributed by atoms with Gasteiger partial charge in [-0.25, -0.2) is 0 Å². The fourth-order valence-corrected chi connectivity index (χ4v) is 3.15. The molecule has 0 spiro atoms. The summed E-state index contributed by atoms with van der Waals surface area (Å²) in [6.07, 6.45) is 2.45. The van der Waals surface area contributed by atoms with Crippen molar-refractivity contribution in [3.05, 3.63) is 24.3 Å². The van der Waals surface area contributed by atoms with Gasteiger partial charge in [0.15, 0.2) is 6.61 Å². The standard InChI is InChI=1S/C17H23N3O3.ClH/c18-10-13-6-8-19(11-13)17(22)12-23-15-4-1-3-14(9-15)20-7-2-5-16(20)21;/h1,3-4,9,13H,2,5-8,10-12,18H2;1H. The third-order valence-electron chi connectivity index (χ3n) is 4.54. The van der Waals surface area contributed by atoms with Crippen LogP contribution in [0.2, 0.25) is 0 Å². The molecule has 0 bridgehead atoms. The van der Waals surface area contributed by atoms with Crippen molar-refractivity contribution in [2.45, 2.75) is 19.3 Å². The second kappa shape index (κ2) is 8.35. The molecule has 1 unspecified atom stereocenters. The maximum Gasteiger partial charge on any atom is 0.260 e. The molecule has 24 heavy (non-hydrogen) atoms. The quantitative estimate of drug-likeness (QED) is 0.868. The molecule has 2 saturated heterocycles.